The molecular formula is C9H10BNO3. The van der Waals surface area contributed by atoms with Gasteiger partial charge in [-0.05, 0) is 29.6 Å². The minimum atomic E-state index is -1.57. The fourth-order valence-corrected chi connectivity index (χ4v) is 1.25. The molecule has 0 amide bonds. The monoisotopic (exact) mass is 191 g/mol. The van der Waals surface area contributed by atoms with Crippen molar-refractivity contribution in [1.29, 1.82) is 5.26 Å². The summed E-state index contributed by atoms with van der Waals surface area (Å²) in [6, 6.07) is 6.21. The van der Waals surface area contributed by atoms with Crippen LogP contribution in [0.25, 0.3) is 0 Å². The van der Waals surface area contributed by atoms with Crippen LogP contribution < -0.4 is 5.46 Å². The molecule has 4 nitrogen and oxygen atoms in total. The standard InChI is InChI=1S/C9H10BNO3/c11-5-1-2-7-6-8(12)3-4-9(7)10(13)14/h3-4,6,12-14H,1-2H2. The van der Waals surface area contributed by atoms with E-state index in [-0.39, 0.29) is 12.2 Å². The molecule has 0 bridgehead atoms. The summed E-state index contributed by atoms with van der Waals surface area (Å²) in [6.07, 6.45) is 0.682. The van der Waals surface area contributed by atoms with Crippen molar-refractivity contribution in [3.8, 4) is 11.8 Å². The highest BCUT2D eigenvalue weighted by Crippen LogP contribution is 2.11. The van der Waals surface area contributed by atoms with Crippen molar-refractivity contribution in [2.75, 3.05) is 0 Å². The van der Waals surface area contributed by atoms with Gasteiger partial charge in [-0.2, -0.15) is 5.26 Å². The molecule has 1 aromatic carbocycles. The molecule has 14 heavy (non-hydrogen) atoms. The molecule has 0 spiro atoms. The Labute approximate surface area is 82.2 Å². The molecule has 0 atom stereocenters. The molecule has 3 N–H and O–H groups in total. The van der Waals surface area contributed by atoms with E-state index in [1.807, 2.05) is 6.07 Å². The molecule has 5 heteroatoms. The number of aryl methyl sites for hydroxylation is 1. The fourth-order valence-electron chi connectivity index (χ4n) is 1.25. The van der Waals surface area contributed by atoms with E-state index in [2.05, 4.69) is 0 Å². The Bertz CT molecular complexity index is 360. The zero-order valence-corrected chi connectivity index (χ0v) is 7.51. The quantitative estimate of drug-likeness (QED) is 0.563. The van der Waals surface area contributed by atoms with Crippen molar-refractivity contribution < 1.29 is 15.2 Å². The maximum absolute atomic E-state index is 9.17. The Kier molecular flexibility index (Phi) is 3.51. The van der Waals surface area contributed by atoms with Crippen molar-refractivity contribution in [1.82, 2.24) is 0 Å². The number of phenolic OH excluding ortho intramolecular Hbond substituents is 1. The van der Waals surface area contributed by atoms with E-state index >= 15 is 0 Å². The topological polar surface area (TPSA) is 84.5 Å². The number of aromatic hydroxyl groups is 1. The zero-order chi connectivity index (χ0) is 10.6. The van der Waals surface area contributed by atoms with Gasteiger partial charge in [0, 0.05) is 6.42 Å². The van der Waals surface area contributed by atoms with Gasteiger partial charge in [-0.15, -0.1) is 0 Å². The minimum absolute atomic E-state index is 0.0577. The first kappa shape index (κ1) is 10.6. The van der Waals surface area contributed by atoms with Gasteiger partial charge >= 0.3 is 7.12 Å². The lowest BCUT2D eigenvalue weighted by Crippen LogP contribution is -2.32. The number of benzene rings is 1. The van der Waals surface area contributed by atoms with Crippen LogP contribution in [0.4, 0.5) is 0 Å². The van der Waals surface area contributed by atoms with Gasteiger partial charge < -0.3 is 15.2 Å². The van der Waals surface area contributed by atoms with E-state index in [1.165, 1.54) is 18.2 Å². The van der Waals surface area contributed by atoms with Gasteiger partial charge in [0.25, 0.3) is 0 Å². The van der Waals surface area contributed by atoms with Crippen LogP contribution >= 0.6 is 0 Å². The highest BCUT2D eigenvalue weighted by Gasteiger charge is 2.15. The van der Waals surface area contributed by atoms with Gasteiger partial charge in [0.15, 0.2) is 0 Å². The number of hydrogen-bond acceptors (Lipinski definition) is 4. The summed E-state index contributed by atoms with van der Waals surface area (Å²) < 4.78 is 0. The Hall–Kier alpha value is -1.51. The van der Waals surface area contributed by atoms with Crippen LogP contribution in [0.2, 0.25) is 0 Å². The molecule has 0 unspecified atom stereocenters. The van der Waals surface area contributed by atoms with Crippen LogP contribution in [0.15, 0.2) is 18.2 Å². The van der Waals surface area contributed by atoms with E-state index in [4.69, 9.17) is 15.3 Å². The van der Waals surface area contributed by atoms with E-state index in [0.29, 0.717) is 17.4 Å². The van der Waals surface area contributed by atoms with Crippen molar-refractivity contribution in [3.05, 3.63) is 23.8 Å². The van der Waals surface area contributed by atoms with Gasteiger partial charge in [-0.25, -0.2) is 0 Å². The molecule has 72 valence electrons. The number of rotatable bonds is 3. The summed E-state index contributed by atoms with van der Waals surface area (Å²) in [7, 11) is -1.57. The Morgan fingerprint density at radius 1 is 1.36 bits per heavy atom. The van der Waals surface area contributed by atoms with E-state index < -0.39 is 7.12 Å². The highest BCUT2D eigenvalue weighted by atomic mass is 16.4. The molecule has 0 aliphatic rings. The number of phenols is 1. The first-order valence-corrected chi connectivity index (χ1v) is 4.20. The van der Waals surface area contributed by atoms with Crippen LogP contribution in [0.3, 0.4) is 0 Å². The molecular weight excluding hydrogens is 181 g/mol. The summed E-state index contributed by atoms with van der Waals surface area (Å²) in [4.78, 5) is 0. The van der Waals surface area contributed by atoms with Crippen LogP contribution in [0.1, 0.15) is 12.0 Å². The number of nitrogens with zero attached hydrogens (tertiary/aromatic N) is 1. The summed E-state index contributed by atoms with van der Waals surface area (Å²) in [5.74, 6) is 0.0577. The summed E-state index contributed by atoms with van der Waals surface area (Å²) in [5.41, 5.74) is 0.916. The lowest BCUT2D eigenvalue weighted by molar-refractivity contribution is 0.425. The second kappa shape index (κ2) is 4.65. The first-order chi connectivity index (χ1) is 6.65. The first-order valence-electron chi connectivity index (χ1n) is 4.20. The van der Waals surface area contributed by atoms with Crippen molar-refractivity contribution in [2.24, 2.45) is 0 Å². The Morgan fingerprint density at radius 2 is 2.07 bits per heavy atom. The summed E-state index contributed by atoms with van der Waals surface area (Å²) in [5, 5.41) is 35.5. The van der Waals surface area contributed by atoms with Crippen LogP contribution in [-0.2, 0) is 6.42 Å². The molecule has 0 aromatic heterocycles. The summed E-state index contributed by atoms with van der Waals surface area (Å²) in [6.45, 7) is 0. The van der Waals surface area contributed by atoms with Gasteiger partial charge in [0.2, 0.25) is 0 Å². The third-order valence-electron chi connectivity index (χ3n) is 1.91. The lowest BCUT2D eigenvalue weighted by Gasteiger charge is -2.07. The van der Waals surface area contributed by atoms with Gasteiger partial charge in [0.05, 0.1) is 6.07 Å². The van der Waals surface area contributed by atoms with Gasteiger partial charge in [0.1, 0.15) is 5.75 Å². The zero-order valence-electron chi connectivity index (χ0n) is 7.51. The highest BCUT2D eigenvalue weighted by molar-refractivity contribution is 6.59. The maximum Gasteiger partial charge on any atom is 0.488 e. The maximum atomic E-state index is 9.17. The van der Waals surface area contributed by atoms with Gasteiger partial charge in [-0.3, -0.25) is 0 Å². The third kappa shape index (κ3) is 2.49. The molecule has 0 heterocycles. The average Bonchev–Trinajstić information content (AvgIpc) is 2.14. The van der Waals surface area contributed by atoms with Gasteiger partial charge in [-0.1, -0.05) is 6.07 Å². The predicted octanol–water partition coefficient (Wildman–Crippen LogP) is -0.472. The molecule has 0 saturated heterocycles. The molecule has 0 aliphatic heterocycles. The normalized spacial score (nSPS) is 9.50. The Morgan fingerprint density at radius 3 is 2.64 bits per heavy atom. The minimum Gasteiger partial charge on any atom is -0.508 e. The lowest BCUT2D eigenvalue weighted by atomic mass is 9.76. The Balaban J connectivity index is 2.98. The summed E-state index contributed by atoms with van der Waals surface area (Å²) >= 11 is 0. The number of nitriles is 1. The molecule has 1 rings (SSSR count). The molecule has 0 radical (unpaired) electrons. The largest absolute Gasteiger partial charge is 0.508 e. The van der Waals surface area contributed by atoms with Crippen LogP contribution in [-0.4, -0.2) is 22.3 Å². The van der Waals surface area contributed by atoms with E-state index in [9.17, 15) is 5.11 Å². The molecule has 0 aliphatic carbocycles. The van der Waals surface area contributed by atoms with Crippen LogP contribution in [0.5, 0.6) is 5.75 Å². The number of hydrogen-bond donors (Lipinski definition) is 3. The smallest absolute Gasteiger partial charge is 0.488 e. The third-order valence-corrected chi connectivity index (χ3v) is 1.91. The second-order valence-electron chi connectivity index (χ2n) is 2.91. The van der Waals surface area contributed by atoms with Crippen molar-refractivity contribution in [3.63, 3.8) is 0 Å². The van der Waals surface area contributed by atoms with E-state index in [0.717, 1.165) is 0 Å². The second-order valence-corrected chi connectivity index (χ2v) is 2.91. The molecule has 0 saturated carbocycles. The SMILES string of the molecule is N#CCCc1cc(O)ccc1B(O)O. The predicted molar refractivity (Wildman–Crippen MR) is 51.9 cm³/mol. The van der Waals surface area contributed by atoms with E-state index in [1.54, 1.807) is 0 Å². The van der Waals surface area contributed by atoms with Crippen LogP contribution in [0, 0.1) is 11.3 Å². The molecule has 1 aromatic rings. The van der Waals surface area contributed by atoms with Crippen molar-refractivity contribution >= 4 is 12.6 Å². The fraction of sp³-hybridized carbons (Fsp3) is 0.222. The average molecular weight is 191 g/mol. The van der Waals surface area contributed by atoms with Crippen molar-refractivity contribution in [2.45, 2.75) is 12.8 Å². The molecule has 0 fully saturated rings.